The highest BCUT2D eigenvalue weighted by Crippen LogP contribution is 2.26. The topological polar surface area (TPSA) is 89.7 Å². The Hall–Kier alpha value is -1.15. The molecule has 0 saturated carbocycles. The first-order valence-electron chi connectivity index (χ1n) is 6.50. The Labute approximate surface area is 128 Å². The van der Waals surface area contributed by atoms with Gasteiger partial charge in [-0.1, -0.05) is 11.6 Å². The van der Waals surface area contributed by atoms with Gasteiger partial charge in [0.1, 0.15) is 0 Å². The first-order valence-corrected chi connectivity index (χ1v) is 8.31. The minimum Gasteiger partial charge on any atom is -0.465 e. The van der Waals surface area contributed by atoms with E-state index < -0.39 is 16.0 Å². The van der Waals surface area contributed by atoms with Crippen LogP contribution in [0.4, 0.5) is 0 Å². The number of nitrogens with zero attached hydrogens (tertiary/aromatic N) is 1. The van der Waals surface area contributed by atoms with E-state index >= 15 is 0 Å². The zero-order chi connectivity index (χ0) is 15.6. The van der Waals surface area contributed by atoms with Gasteiger partial charge in [-0.05, 0) is 31.0 Å². The zero-order valence-corrected chi connectivity index (χ0v) is 13.2. The molecular weight excluding hydrogens is 316 g/mol. The number of piperidine rings is 1. The van der Waals surface area contributed by atoms with Crippen LogP contribution in [0.15, 0.2) is 23.1 Å². The summed E-state index contributed by atoms with van der Waals surface area (Å²) in [4.78, 5) is 11.7. The molecule has 2 rings (SSSR count). The Morgan fingerprint density at radius 2 is 2.19 bits per heavy atom. The molecule has 1 aliphatic heterocycles. The number of methoxy groups -OCH3 is 1. The van der Waals surface area contributed by atoms with Crippen molar-refractivity contribution in [3.05, 3.63) is 28.8 Å². The van der Waals surface area contributed by atoms with Gasteiger partial charge in [-0.15, -0.1) is 0 Å². The maximum Gasteiger partial charge on any atom is 0.339 e. The van der Waals surface area contributed by atoms with Gasteiger partial charge in [0, 0.05) is 24.2 Å². The fourth-order valence-corrected chi connectivity index (χ4v) is 4.20. The normalized spacial score (nSPS) is 20.2. The van der Waals surface area contributed by atoms with Crippen molar-refractivity contribution >= 4 is 27.6 Å². The summed E-state index contributed by atoms with van der Waals surface area (Å²) < 4.78 is 31.3. The lowest BCUT2D eigenvalue weighted by Gasteiger charge is -2.30. The van der Waals surface area contributed by atoms with Crippen molar-refractivity contribution in [1.82, 2.24) is 4.31 Å². The van der Waals surface area contributed by atoms with Crippen LogP contribution in [0.3, 0.4) is 0 Å². The van der Waals surface area contributed by atoms with E-state index in [9.17, 15) is 13.2 Å². The maximum absolute atomic E-state index is 12.7. The zero-order valence-electron chi connectivity index (χ0n) is 11.6. The lowest BCUT2D eigenvalue weighted by atomic mass is 10.1. The highest BCUT2D eigenvalue weighted by atomic mass is 35.5. The van der Waals surface area contributed by atoms with Crippen molar-refractivity contribution in [3.63, 3.8) is 0 Å². The fraction of sp³-hybridized carbons (Fsp3) is 0.462. The molecule has 0 amide bonds. The first kappa shape index (κ1) is 16.2. The summed E-state index contributed by atoms with van der Waals surface area (Å²) in [6.45, 7) is 0.630. The van der Waals surface area contributed by atoms with Crippen molar-refractivity contribution in [3.8, 4) is 0 Å². The van der Waals surface area contributed by atoms with Gasteiger partial charge in [-0.25, -0.2) is 13.2 Å². The Morgan fingerprint density at radius 1 is 1.48 bits per heavy atom. The predicted octanol–water partition coefficient (Wildman–Crippen LogP) is 1.24. The van der Waals surface area contributed by atoms with Gasteiger partial charge in [0.05, 0.1) is 17.6 Å². The molecule has 1 heterocycles. The standard InChI is InChI=1S/C13H17ClN2O4S/c1-20-13(17)11-7-9(14)4-5-12(11)21(18,19)16-6-2-3-10(15)8-16/h4-5,7,10H,2-3,6,8,15H2,1H3. The molecule has 1 fully saturated rings. The van der Waals surface area contributed by atoms with Crippen molar-refractivity contribution in [2.24, 2.45) is 5.73 Å². The molecule has 21 heavy (non-hydrogen) atoms. The number of sulfonamides is 1. The summed E-state index contributed by atoms with van der Waals surface area (Å²) in [6, 6.07) is 3.86. The molecule has 2 N–H and O–H groups in total. The third kappa shape index (κ3) is 3.37. The van der Waals surface area contributed by atoms with Crippen LogP contribution in [0.2, 0.25) is 5.02 Å². The van der Waals surface area contributed by atoms with E-state index in [1.54, 1.807) is 0 Å². The molecule has 116 valence electrons. The molecule has 0 radical (unpaired) electrons. The SMILES string of the molecule is COC(=O)c1cc(Cl)ccc1S(=O)(=O)N1CCCC(N)C1. The second-order valence-corrected chi connectivity index (χ2v) is 7.24. The number of hydrogen-bond donors (Lipinski definition) is 1. The third-order valence-corrected chi connectivity index (χ3v) is 5.54. The lowest BCUT2D eigenvalue weighted by molar-refractivity contribution is 0.0596. The molecule has 1 unspecified atom stereocenters. The predicted molar refractivity (Wildman–Crippen MR) is 78.8 cm³/mol. The molecule has 1 aromatic rings. The number of hydrogen-bond acceptors (Lipinski definition) is 5. The largest absolute Gasteiger partial charge is 0.465 e. The van der Waals surface area contributed by atoms with Crippen LogP contribution < -0.4 is 5.73 Å². The van der Waals surface area contributed by atoms with Gasteiger partial charge in [-0.2, -0.15) is 4.31 Å². The quantitative estimate of drug-likeness (QED) is 0.841. The highest BCUT2D eigenvalue weighted by Gasteiger charge is 2.32. The Balaban J connectivity index is 2.47. The molecule has 0 aliphatic carbocycles. The van der Waals surface area contributed by atoms with E-state index in [1.807, 2.05) is 0 Å². The van der Waals surface area contributed by atoms with Crippen LogP contribution in [0.5, 0.6) is 0 Å². The molecular formula is C13H17ClN2O4S. The molecule has 0 aromatic heterocycles. The fourth-order valence-electron chi connectivity index (χ4n) is 2.33. The van der Waals surface area contributed by atoms with Gasteiger partial charge in [0.25, 0.3) is 0 Å². The smallest absolute Gasteiger partial charge is 0.339 e. The van der Waals surface area contributed by atoms with Crippen LogP contribution >= 0.6 is 11.6 Å². The van der Waals surface area contributed by atoms with Crippen molar-refractivity contribution in [2.75, 3.05) is 20.2 Å². The van der Waals surface area contributed by atoms with E-state index in [0.717, 1.165) is 6.42 Å². The Kier molecular flexibility index (Phi) is 4.88. The third-order valence-electron chi connectivity index (χ3n) is 3.39. The number of carbonyl (C=O) groups excluding carboxylic acids is 1. The number of nitrogens with two attached hydrogens (primary N) is 1. The lowest BCUT2D eigenvalue weighted by Crippen LogP contribution is -2.45. The van der Waals surface area contributed by atoms with Crippen LogP contribution in [0.25, 0.3) is 0 Å². The van der Waals surface area contributed by atoms with Crippen LogP contribution in [0.1, 0.15) is 23.2 Å². The summed E-state index contributed by atoms with van der Waals surface area (Å²) in [7, 11) is -2.61. The molecule has 0 spiro atoms. The summed E-state index contributed by atoms with van der Waals surface area (Å²) in [5, 5.41) is 0.268. The Morgan fingerprint density at radius 3 is 2.81 bits per heavy atom. The van der Waals surface area contributed by atoms with E-state index in [2.05, 4.69) is 4.74 Å². The molecule has 8 heteroatoms. The number of benzene rings is 1. The number of esters is 1. The van der Waals surface area contributed by atoms with E-state index in [-0.39, 0.29) is 28.1 Å². The maximum atomic E-state index is 12.7. The summed E-state index contributed by atoms with van der Waals surface area (Å²) in [5.41, 5.74) is 5.76. The second-order valence-electron chi connectivity index (χ2n) is 4.90. The summed E-state index contributed by atoms with van der Waals surface area (Å²) >= 11 is 5.84. The average Bonchev–Trinajstić information content (AvgIpc) is 2.46. The van der Waals surface area contributed by atoms with Crippen molar-refractivity contribution in [1.29, 1.82) is 0 Å². The second kappa shape index (κ2) is 6.31. The molecule has 1 saturated heterocycles. The summed E-state index contributed by atoms with van der Waals surface area (Å²) in [6.07, 6.45) is 1.48. The van der Waals surface area contributed by atoms with Gasteiger partial charge >= 0.3 is 5.97 Å². The first-order chi connectivity index (χ1) is 9.86. The monoisotopic (exact) mass is 332 g/mol. The molecule has 1 aliphatic rings. The van der Waals surface area contributed by atoms with E-state index in [0.29, 0.717) is 13.0 Å². The van der Waals surface area contributed by atoms with Crippen LogP contribution in [0, 0.1) is 0 Å². The van der Waals surface area contributed by atoms with Crippen LogP contribution in [-0.2, 0) is 14.8 Å². The Bertz CT molecular complexity index is 648. The van der Waals surface area contributed by atoms with E-state index in [4.69, 9.17) is 17.3 Å². The highest BCUT2D eigenvalue weighted by molar-refractivity contribution is 7.89. The van der Waals surface area contributed by atoms with Gasteiger partial charge < -0.3 is 10.5 Å². The van der Waals surface area contributed by atoms with E-state index in [1.165, 1.54) is 29.6 Å². The van der Waals surface area contributed by atoms with Crippen molar-refractivity contribution < 1.29 is 17.9 Å². The van der Waals surface area contributed by atoms with Crippen molar-refractivity contribution in [2.45, 2.75) is 23.8 Å². The number of carbonyl (C=O) groups is 1. The van der Waals surface area contributed by atoms with Crippen LogP contribution in [-0.4, -0.2) is 44.9 Å². The van der Waals surface area contributed by atoms with Gasteiger partial charge in [0.2, 0.25) is 10.0 Å². The summed E-state index contributed by atoms with van der Waals surface area (Å²) in [5.74, 6) is -0.739. The minimum atomic E-state index is -3.80. The number of rotatable bonds is 3. The molecule has 6 nitrogen and oxygen atoms in total. The minimum absolute atomic E-state index is 0.0656. The van der Waals surface area contributed by atoms with Gasteiger partial charge in [-0.3, -0.25) is 0 Å². The number of halogens is 1. The molecule has 0 bridgehead atoms. The number of ether oxygens (including phenoxy) is 1. The average molecular weight is 333 g/mol. The van der Waals surface area contributed by atoms with Gasteiger partial charge in [0.15, 0.2) is 0 Å². The molecule has 1 atom stereocenters. The molecule has 1 aromatic carbocycles.